The van der Waals surface area contributed by atoms with Crippen LogP contribution < -0.4 is 9.44 Å². The molecule has 0 aliphatic carbocycles. The van der Waals surface area contributed by atoms with Crippen molar-refractivity contribution in [2.24, 2.45) is 0 Å². The van der Waals surface area contributed by atoms with Gasteiger partial charge in [0.1, 0.15) is 0 Å². The summed E-state index contributed by atoms with van der Waals surface area (Å²) in [5.74, 6) is -0.810. The lowest BCUT2D eigenvalue weighted by molar-refractivity contribution is -0.140. The van der Waals surface area contributed by atoms with Gasteiger partial charge in [-0.1, -0.05) is 32.0 Å². The molecule has 13 heteroatoms. The van der Waals surface area contributed by atoms with E-state index in [1.54, 1.807) is 45.0 Å². The third-order valence-electron chi connectivity index (χ3n) is 4.65. The molecule has 0 unspecified atom stereocenters. The number of nitrogens with one attached hydrogen (secondary N) is 2. The van der Waals surface area contributed by atoms with Crippen LogP contribution in [-0.4, -0.2) is 56.1 Å². The second-order valence-corrected chi connectivity index (χ2v) is 11.7. The van der Waals surface area contributed by atoms with Gasteiger partial charge < -0.3 is 9.47 Å². The fraction of sp³-hybridized carbons (Fsp3) is 0.391. The molecule has 0 heterocycles. The molecule has 0 aliphatic heterocycles. The minimum absolute atomic E-state index is 0.0401. The van der Waals surface area contributed by atoms with E-state index in [0.29, 0.717) is 34.3 Å². The molecular formula is C23H31BrN2O8S2. The van der Waals surface area contributed by atoms with Crippen LogP contribution in [0.25, 0.3) is 0 Å². The summed E-state index contributed by atoms with van der Waals surface area (Å²) in [6, 6.07) is 9.64. The predicted octanol–water partition coefficient (Wildman–Crippen LogP) is 2.47. The molecule has 10 nitrogen and oxygen atoms in total. The molecule has 2 rings (SSSR count). The Bertz CT molecular complexity index is 1180. The number of hydrogen-bond donors (Lipinski definition) is 2. The Morgan fingerprint density at radius 3 is 1.64 bits per heavy atom. The van der Waals surface area contributed by atoms with Gasteiger partial charge in [-0.05, 0) is 57.7 Å². The highest BCUT2D eigenvalue weighted by Crippen LogP contribution is 2.23. The van der Waals surface area contributed by atoms with Crippen molar-refractivity contribution in [2.45, 2.75) is 43.4 Å². The number of sulfonamides is 2. The maximum Gasteiger partial charge on any atom is 0.309 e. The highest BCUT2D eigenvalue weighted by molar-refractivity contribution is 9.10. The number of hydrogen-bond acceptors (Lipinski definition) is 8. The van der Waals surface area contributed by atoms with Crippen molar-refractivity contribution >= 4 is 47.9 Å². The maximum atomic E-state index is 11.9. The highest BCUT2D eigenvalue weighted by atomic mass is 79.9. The van der Waals surface area contributed by atoms with Crippen LogP contribution in [-0.2, 0) is 52.0 Å². The van der Waals surface area contributed by atoms with Crippen LogP contribution in [0.3, 0.4) is 0 Å². The first-order valence-electron chi connectivity index (χ1n) is 10.8. The molecule has 200 valence electrons. The lowest BCUT2D eigenvalue weighted by Crippen LogP contribution is -2.24. The summed E-state index contributed by atoms with van der Waals surface area (Å²) < 4.78 is 62.1. The van der Waals surface area contributed by atoms with Gasteiger partial charge in [-0.3, -0.25) is 9.59 Å². The summed E-state index contributed by atoms with van der Waals surface area (Å²) in [6.45, 7) is 5.75. The summed E-state index contributed by atoms with van der Waals surface area (Å²) in [7, 11) is -4.48. The van der Waals surface area contributed by atoms with E-state index in [4.69, 9.17) is 0 Å². The van der Waals surface area contributed by atoms with Gasteiger partial charge >= 0.3 is 11.9 Å². The van der Waals surface area contributed by atoms with Crippen LogP contribution in [0, 0.1) is 6.92 Å². The number of aryl methyl sites for hydroxylation is 1. The average molecular weight is 608 g/mol. The number of ether oxygens (including phenoxy) is 2. The Balaban J connectivity index is 0.000000360. The van der Waals surface area contributed by atoms with Crippen LogP contribution in [0.15, 0.2) is 50.7 Å². The zero-order valence-electron chi connectivity index (χ0n) is 20.8. The first kappa shape index (κ1) is 31.7. The molecule has 0 saturated heterocycles. The number of carbonyl (C=O) groups excluding carboxylic acids is 2. The first-order valence-corrected chi connectivity index (χ1v) is 14.6. The van der Waals surface area contributed by atoms with Gasteiger partial charge in [-0.2, -0.15) is 0 Å². The molecule has 0 aromatic heterocycles. The summed E-state index contributed by atoms with van der Waals surface area (Å²) in [4.78, 5) is 22.6. The van der Waals surface area contributed by atoms with Crippen LogP contribution in [0.5, 0.6) is 0 Å². The molecule has 36 heavy (non-hydrogen) atoms. The minimum atomic E-state index is -3.56. The molecule has 0 saturated carbocycles. The fourth-order valence-electron chi connectivity index (χ4n) is 2.92. The monoisotopic (exact) mass is 606 g/mol. The standard InChI is InChI=1S/C12H17NO4S.C11H14BrNO4S/c1-4-13-18(15,16)11-7-10(6-5-9(11)2)8-12(14)17-3;1-3-13-18(15,16)10-6-8(4-5-9(10)12)7-11(14)17-2/h5-7,13H,4,8H2,1-3H3;4-6,13H,3,7H2,1-2H3. The molecule has 0 radical (unpaired) electrons. The number of halogens is 1. The minimum Gasteiger partial charge on any atom is -0.469 e. The lowest BCUT2D eigenvalue weighted by atomic mass is 10.1. The second-order valence-electron chi connectivity index (χ2n) is 7.37. The smallest absolute Gasteiger partial charge is 0.309 e. The molecular weight excluding hydrogens is 576 g/mol. The number of rotatable bonds is 10. The molecule has 0 atom stereocenters. The summed E-state index contributed by atoms with van der Waals surface area (Å²) in [5.41, 5.74) is 1.84. The highest BCUT2D eigenvalue weighted by Gasteiger charge is 2.18. The van der Waals surface area contributed by atoms with Crippen molar-refractivity contribution in [1.29, 1.82) is 0 Å². The van der Waals surface area contributed by atoms with E-state index in [0.717, 1.165) is 0 Å². The molecule has 2 aromatic rings. The Morgan fingerprint density at radius 2 is 1.19 bits per heavy atom. The molecule has 0 spiro atoms. The van der Waals surface area contributed by atoms with Crippen molar-refractivity contribution in [1.82, 2.24) is 9.44 Å². The SMILES string of the molecule is CCNS(=O)(=O)c1cc(CC(=O)OC)ccc1Br.CCNS(=O)(=O)c1cc(CC(=O)OC)ccc1C. The van der Waals surface area contributed by atoms with Gasteiger partial charge in [0.15, 0.2) is 0 Å². The third-order valence-corrected chi connectivity index (χ3v) is 8.88. The Kier molecular flexibility index (Phi) is 12.7. The second kappa shape index (κ2) is 14.4. The van der Waals surface area contributed by atoms with E-state index < -0.39 is 32.0 Å². The van der Waals surface area contributed by atoms with Crippen LogP contribution in [0.4, 0.5) is 0 Å². The van der Waals surface area contributed by atoms with Gasteiger partial charge in [0.2, 0.25) is 20.0 Å². The van der Waals surface area contributed by atoms with Gasteiger partial charge in [0, 0.05) is 17.6 Å². The van der Waals surface area contributed by atoms with Gasteiger partial charge in [-0.15, -0.1) is 0 Å². The van der Waals surface area contributed by atoms with Crippen molar-refractivity contribution in [3.8, 4) is 0 Å². The summed E-state index contributed by atoms with van der Waals surface area (Å²) in [5, 5.41) is 0. The molecule has 0 amide bonds. The zero-order valence-corrected chi connectivity index (χ0v) is 24.0. The number of carbonyl (C=O) groups is 2. The van der Waals surface area contributed by atoms with Gasteiger partial charge in [-0.25, -0.2) is 26.3 Å². The van der Waals surface area contributed by atoms with Crippen molar-refractivity contribution in [2.75, 3.05) is 27.3 Å². The van der Waals surface area contributed by atoms with E-state index in [1.807, 2.05) is 0 Å². The normalized spacial score (nSPS) is 11.3. The van der Waals surface area contributed by atoms with E-state index in [9.17, 15) is 26.4 Å². The van der Waals surface area contributed by atoms with E-state index in [1.165, 1.54) is 26.4 Å². The summed E-state index contributed by atoms with van der Waals surface area (Å²) >= 11 is 3.18. The van der Waals surface area contributed by atoms with Crippen LogP contribution in [0.1, 0.15) is 30.5 Å². The maximum absolute atomic E-state index is 11.9. The Morgan fingerprint density at radius 1 is 0.778 bits per heavy atom. The molecule has 0 fully saturated rings. The average Bonchev–Trinajstić information content (AvgIpc) is 2.81. The van der Waals surface area contributed by atoms with E-state index >= 15 is 0 Å². The number of methoxy groups -OCH3 is 2. The van der Waals surface area contributed by atoms with Crippen molar-refractivity contribution < 1.29 is 35.9 Å². The molecule has 2 N–H and O–H groups in total. The van der Waals surface area contributed by atoms with Crippen LogP contribution >= 0.6 is 15.9 Å². The van der Waals surface area contributed by atoms with Crippen LogP contribution in [0.2, 0.25) is 0 Å². The first-order chi connectivity index (χ1) is 16.8. The molecule has 0 bridgehead atoms. The topological polar surface area (TPSA) is 145 Å². The Hall–Kier alpha value is -2.32. The molecule has 0 aliphatic rings. The van der Waals surface area contributed by atoms with Gasteiger partial charge in [0.25, 0.3) is 0 Å². The van der Waals surface area contributed by atoms with Crippen molar-refractivity contribution in [3.63, 3.8) is 0 Å². The van der Waals surface area contributed by atoms with Crippen molar-refractivity contribution in [3.05, 3.63) is 57.6 Å². The van der Waals surface area contributed by atoms with E-state index in [-0.39, 0.29) is 22.6 Å². The largest absolute Gasteiger partial charge is 0.469 e. The summed E-state index contributed by atoms with van der Waals surface area (Å²) in [6.07, 6.45) is 0.101. The number of esters is 2. The third kappa shape index (κ3) is 9.62. The lowest BCUT2D eigenvalue weighted by Gasteiger charge is -2.09. The predicted molar refractivity (Wildman–Crippen MR) is 138 cm³/mol. The van der Waals surface area contributed by atoms with E-state index in [2.05, 4.69) is 34.8 Å². The fourth-order valence-corrected chi connectivity index (χ4v) is 6.31. The quantitative estimate of drug-likeness (QED) is 0.392. The number of benzene rings is 2. The zero-order chi connectivity index (χ0) is 27.5. The van der Waals surface area contributed by atoms with Gasteiger partial charge in [0.05, 0.1) is 36.9 Å². The Labute approximate surface area is 221 Å². The molecule has 2 aromatic carbocycles.